The maximum Gasteiger partial charge on any atom is 0.317 e. The van der Waals surface area contributed by atoms with Gasteiger partial charge in [-0.15, -0.1) is 11.8 Å². The lowest BCUT2D eigenvalue weighted by molar-refractivity contribution is -0.150. The molecule has 0 aliphatic carbocycles. The summed E-state index contributed by atoms with van der Waals surface area (Å²) in [4.78, 5) is 24.2. The van der Waals surface area contributed by atoms with Crippen LogP contribution in [0.25, 0.3) is 0 Å². The molecule has 0 heterocycles. The molecule has 1 amide bonds. The number of benzene rings is 2. The van der Waals surface area contributed by atoms with Gasteiger partial charge in [0.1, 0.15) is 5.82 Å². The second kappa shape index (κ2) is 8.84. The van der Waals surface area contributed by atoms with E-state index in [2.05, 4.69) is 21.2 Å². The zero-order valence-electron chi connectivity index (χ0n) is 12.8. The van der Waals surface area contributed by atoms with Gasteiger partial charge in [0.05, 0.1) is 5.75 Å². The molecule has 2 aromatic rings. The summed E-state index contributed by atoms with van der Waals surface area (Å²) in [7, 11) is 0. The Morgan fingerprint density at radius 3 is 2.71 bits per heavy atom. The van der Waals surface area contributed by atoms with E-state index in [1.54, 1.807) is 36.4 Å². The van der Waals surface area contributed by atoms with Crippen LogP contribution < -0.4 is 5.32 Å². The highest BCUT2D eigenvalue weighted by atomic mass is 79.9. The van der Waals surface area contributed by atoms with Crippen molar-refractivity contribution in [3.05, 3.63) is 58.8 Å². The Labute approximate surface area is 151 Å². The maximum absolute atomic E-state index is 13.5. The molecular formula is C17H15BrFNO3S. The third kappa shape index (κ3) is 5.65. The molecule has 126 valence electrons. The van der Waals surface area contributed by atoms with Crippen LogP contribution in [0, 0.1) is 5.82 Å². The third-order valence-electron chi connectivity index (χ3n) is 2.95. The van der Waals surface area contributed by atoms with E-state index in [0.29, 0.717) is 10.6 Å². The summed E-state index contributed by atoms with van der Waals surface area (Å²) in [6, 6.07) is 13.2. The normalized spacial score (nSPS) is 11.6. The number of esters is 1. The molecule has 0 bridgehead atoms. The van der Waals surface area contributed by atoms with Gasteiger partial charge in [0.15, 0.2) is 6.10 Å². The Balaban J connectivity index is 1.82. The highest BCUT2D eigenvalue weighted by molar-refractivity contribution is 9.10. The molecule has 0 aliphatic heterocycles. The van der Waals surface area contributed by atoms with Crippen molar-refractivity contribution in [3.63, 3.8) is 0 Å². The quantitative estimate of drug-likeness (QED) is 0.570. The first kappa shape index (κ1) is 18.5. The second-order valence-corrected chi connectivity index (χ2v) is 6.78. The predicted molar refractivity (Wildman–Crippen MR) is 95.4 cm³/mol. The van der Waals surface area contributed by atoms with Crippen LogP contribution in [0.5, 0.6) is 0 Å². The Kier molecular flexibility index (Phi) is 6.81. The summed E-state index contributed by atoms with van der Waals surface area (Å²) in [6.07, 6.45) is -0.947. The van der Waals surface area contributed by atoms with Crippen LogP contribution in [0.2, 0.25) is 0 Å². The lowest BCUT2D eigenvalue weighted by Gasteiger charge is -2.13. The number of thioether (sulfide) groups is 1. The number of halogens is 2. The van der Waals surface area contributed by atoms with Crippen molar-refractivity contribution < 1.29 is 18.7 Å². The average Bonchev–Trinajstić information content (AvgIpc) is 2.54. The molecule has 0 saturated heterocycles. The minimum atomic E-state index is -0.947. The number of nitrogens with one attached hydrogen (secondary N) is 1. The third-order valence-corrected chi connectivity index (χ3v) is 4.47. The molecule has 1 atom stereocenters. The Bertz CT molecular complexity index is 741. The lowest BCUT2D eigenvalue weighted by Crippen LogP contribution is -2.30. The molecule has 0 aromatic heterocycles. The van der Waals surface area contributed by atoms with Crippen LogP contribution in [-0.2, 0) is 14.3 Å². The molecule has 0 unspecified atom stereocenters. The summed E-state index contributed by atoms with van der Waals surface area (Å²) in [6.45, 7) is 1.49. The first-order valence-corrected chi connectivity index (χ1v) is 8.87. The minimum absolute atomic E-state index is 0.0740. The van der Waals surface area contributed by atoms with Crippen LogP contribution in [0.3, 0.4) is 0 Å². The summed E-state index contributed by atoms with van der Waals surface area (Å²) < 4.78 is 19.4. The number of hydrogen-bond donors (Lipinski definition) is 1. The Morgan fingerprint density at radius 1 is 1.25 bits per heavy atom. The van der Waals surface area contributed by atoms with E-state index in [0.717, 1.165) is 16.2 Å². The van der Waals surface area contributed by atoms with E-state index in [1.807, 2.05) is 6.07 Å². The molecule has 0 fully saturated rings. The van der Waals surface area contributed by atoms with Gasteiger partial charge in [0.2, 0.25) is 0 Å². The maximum atomic E-state index is 13.5. The zero-order valence-corrected chi connectivity index (χ0v) is 15.2. The van der Waals surface area contributed by atoms with Crippen molar-refractivity contribution in [2.24, 2.45) is 0 Å². The minimum Gasteiger partial charge on any atom is -0.452 e. The van der Waals surface area contributed by atoms with Gasteiger partial charge in [-0.05, 0) is 37.3 Å². The number of rotatable bonds is 6. The SMILES string of the molecule is C[C@H](OC(=O)CSc1ccccc1F)C(=O)Nc1cccc(Br)c1. The van der Waals surface area contributed by atoms with Gasteiger partial charge in [-0.2, -0.15) is 0 Å². The average molecular weight is 412 g/mol. The van der Waals surface area contributed by atoms with E-state index in [1.165, 1.54) is 13.0 Å². The largest absolute Gasteiger partial charge is 0.452 e. The summed E-state index contributed by atoms with van der Waals surface area (Å²) in [5, 5.41) is 2.66. The van der Waals surface area contributed by atoms with Crippen LogP contribution >= 0.6 is 27.7 Å². The molecular weight excluding hydrogens is 397 g/mol. The van der Waals surface area contributed by atoms with Crippen LogP contribution in [0.15, 0.2) is 57.9 Å². The highest BCUT2D eigenvalue weighted by Gasteiger charge is 2.18. The van der Waals surface area contributed by atoms with Crippen molar-refractivity contribution in [1.29, 1.82) is 0 Å². The topological polar surface area (TPSA) is 55.4 Å². The number of carbonyl (C=O) groups excluding carboxylic acids is 2. The molecule has 1 N–H and O–H groups in total. The van der Waals surface area contributed by atoms with E-state index >= 15 is 0 Å². The molecule has 0 spiro atoms. The van der Waals surface area contributed by atoms with Crippen molar-refractivity contribution in [2.75, 3.05) is 11.1 Å². The van der Waals surface area contributed by atoms with Gasteiger partial charge >= 0.3 is 5.97 Å². The van der Waals surface area contributed by atoms with Gasteiger partial charge in [0.25, 0.3) is 5.91 Å². The van der Waals surface area contributed by atoms with Crippen LogP contribution in [0.1, 0.15) is 6.92 Å². The van der Waals surface area contributed by atoms with Gasteiger partial charge < -0.3 is 10.1 Å². The number of amides is 1. The number of hydrogen-bond acceptors (Lipinski definition) is 4. The summed E-state index contributed by atoms with van der Waals surface area (Å²) >= 11 is 4.34. The van der Waals surface area contributed by atoms with Crippen LogP contribution in [0.4, 0.5) is 10.1 Å². The van der Waals surface area contributed by atoms with Crippen molar-refractivity contribution >= 4 is 45.3 Å². The molecule has 0 radical (unpaired) electrons. The number of ether oxygens (including phenoxy) is 1. The molecule has 0 saturated carbocycles. The van der Waals surface area contributed by atoms with Crippen molar-refractivity contribution in [1.82, 2.24) is 0 Å². The predicted octanol–water partition coefficient (Wildman–Crippen LogP) is 4.25. The zero-order chi connectivity index (χ0) is 17.5. The fraction of sp³-hybridized carbons (Fsp3) is 0.176. The molecule has 0 aliphatic rings. The van der Waals surface area contributed by atoms with Crippen LogP contribution in [-0.4, -0.2) is 23.7 Å². The lowest BCUT2D eigenvalue weighted by atomic mass is 10.3. The Morgan fingerprint density at radius 2 is 2.00 bits per heavy atom. The first-order valence-electron chi connectivity index (χ1n) is 7.09. The first-order chi connectivity index (χ1) is 11.5. The van der Waals surface area contributed by atoms with E-state index in [4.69, 9.17) is 4.74 Å². The summed E-state index contributed by atoms with van der Waals surface area (Å²) in [5.41, 5.74) is 0.595. The number of carbonyl (C=O) groups is 2. The fourth-order valence-electron chi connectivity index (χ4n) is 1.79. The van der Waals surface area contributed by atoms with E-state index in [9.17, 15) is 14.0 Å². The number of anilines is 1. The molecule has 2 rings (SSSR count). The monoisotopic (exact) mass is 411 g/mol. The van der Waals surface area contributed by atoms with Crippen molar-refractivity contribution in [2.45, 2.75) is 17.9 Å². The molecule has 24 heavy (non-hydrogen) atoms. The molecule has 7 heteroatoms. The Hall–Kier alpha value is -1.86. The van der Waals surface area contributed by atoms with Gasteiger partial charge in [-0.1, -0.05) is 34.1 Å². The molecule has 2 aromatic carbocycles. The van der Waals surface area contributed by atoms with Gasteiger partial charge in [-0.3, -0.25) is 9.59 Å². The van der Waals surface area contributed by atoms with Gasteiger partial charge in [0, 0.05) is 15.1 Å². The van der Waals surface area contributed by atoms with E-state index < -0.39 is 23.8 Å². The smallest absolute Gasteiger partial charge is 0.317 e. The fourth-order valence-corrected chi connectivity index (χ4v) is 2.91. The van der Waals surface area contributed by atoms with Crippen molar-refractivity contribution in [3.8, 4) is 0 Å². The second-order valence-electron chi connectivity index (χ2n) is 4.85. The molecule has 4 nitrogen and oxygen atoms in total. The van der Waals surface area contributed by atoms with E-state index in [-0.39, 0.29) is 5.75 Å². The highest BCUT2D eigenvalue weighted by Crippen LogP contribution is 2.21. The van der Waals surface area contributed by atoms with Gasteiger partial charge in [-0.25, -0.2) is 4.39 Å². The standard InChI is InChI=1S/C17H15BrFNO3S/c1-11(17(22)20-13-6-4-5-12(18)9-13)23-16(21)10-24-15-8-3-2-7-14(15)19/h2-9,11H,10H2,1H3,(H,20,22)/t11-/m0/s1. The summed E-state index contributed by atoms with van der Waals surface area (Å²) in [5.74, 6) is -1.48.